The molecule has 2 aromatic carbocycles. The molecule has 5 heteroatoms. The van der Waals surface area contributed by atoms with Gasteiger partial charge in [0.05, 0.1) is 10.2 Å². The lowest BCUT2D eigenvalue weighted by Crippen LogP contribution is -1.81. The summed E-state index contributed by atoms with van der Waals surface area (Å²) in [5.41, 5.74) is 0.906. The van der Waals surface area contributed by atoms with Gasteiger partial charge in [0.15, 0.2) is 0 Å². The Morgan fingerprint density at radius 3 is 2.67 bits per heavy atom. The van der Waals surface area contributed by atoms with Gasteiger partial charge in [0.1, 0.15) is 11.5 Å². The molecule has 0 radical (unpaired) electrons. The first-order valence-electron chi connectivity index (χ1n) is 5.24. The highest BCUT2D eigenvalue weighted by molar-refractivity contribution is 9.10. The van der Waals surface area contributed by atoms with Gasteiger partial charge in [-0.1, -0.05) is 27.3 Å². The summed E-state index contributed by atoms with van der Waals surface area (Å²) in [7, 11) is 0. The molecule has 0 unspecified atom stereocenters. The van der Waals surface area contributed by atoms with Crippen molar-refractivity contribution in [2.45, 2.75) is 0 Å². The SMILES string of the molecule is Oc1ccc(Oc2nc3cc(Br)ccc3s2)cc1. The van der Waals surface area contributed by atoms with Crippen molar-refractivity contribution in [2.24, 2.45) is 0 Å². The molecule has 1 N–H and O–H groups in total. The summed E-state index contributed by atoms with van der Waals surface area (Å²) in [5, 5.41) is 9.79. The van der Waals surface area contributed by atoms with Crippen molar-refractivity contribution in [1.82, 2.24) is 4.98 Å². The van der Waals surface area contributed by atoms with Crippen LogP contribution in [0.1, 0.15) is 0 Å². The quantitative estimate of drug-likeness (QED) is 0.752. The van der Waals surface area contributed by atoms with Crippen LogP contribution < -0.4 is 4.74 Å². The van der Waals surface area contributed by atoms with Crippen molar-refractivity contribution in [2.75, 3.05) is 0 Å². The number of rotatable bonds is 2. The molecule has 0 atom stereocenters. The maximum atomic E-state index is 9.19. The maximum Gasteiger partial charge on any atom is 0.279 e. The van der Waals surface area contributed by atoms with E-state index in [0.717, 1.165) is 14.7 Å². The number of halogens is 1. The molecule has 0 amide bonds. The summed E-state index contributed by atoms with van der Waals surface area (Å²) in [6, 6.07) is 12.5. The molecule has 90 valence electrons. The Hall–Kier alpha value is -1.59. The van der Waals surface area contributed by atoms with E-state index in [2.05, 4.69) is 20.9 Å². The number of benzene rings is 2. The van der Waals surface area contributed by atoms with E-state index in [1.165, 1.54) is 11.3 Å². The molecule has 3 nitrogen and oxygen atoms in total. The maximum absolute atomic E-state index is 9.19. The fraction of sp³-hybridized carbons (Fsp3) is 0. The largest absolute Gasteiger partial charge is 0.508 e. The lowest BCUT2D eigenvalue weighted by molar-refractivity contribution is 0.463. The molecule has 0 fully saturated rings. The number of hydrogen-bond acceptors (Lipinski definition) is 4. The van der Waals surface area contributed by atoms with Crippen LogP contribution in [0.15, 0.2) is 46.9 Å². The molecule has 1 aromatic heterocycles. The minimum Gasteiger partial charge on any atom is -0.508 e. The Balaban J connectivity index is 1.92. The van der Waals surface area contributed by atoms with Crippen molar-refractivity contribution in [3.63, 3.8) is 0 Å². The summed E-state index contributed by atoms with van der Waals surface area (Å²) in [6.07, 6.45) is 0. The fourth-order valence-electron chi connectivity index (χ4n) is 1.54. The van der Waals surface area contributed by atoms with Crippen molar-refractivity contribution in [3.8, 4) is 16.7 Å². The molecule has 0 aliphatic heterocycles. The second-order valence-corrected chi connectivity index (χ2v) is 5.60. The first-order valence-corrected chi connectivity index (χ1v) is 6.85. The number of ether oxygens (including phenoxy) is 1. The van der Waals surface area contributed by atoms with Gasteiger partial charge in [-0.3, -0.25) is 0 Å². The molecule has 0 aliphatic carbocycles. The summed E-state index contributed by atoms with van der Waals surface area (Å²) in [4.78, 5) is 4.40. The number of hydrogen-bond donors (Lipinski definition) is 1. The van der Waals surface area contributed by atoms with Gasteiger partial charge in [0.2, 0.25) is 0 Å². The van der Waals surface area contributed by atoms with Gasteiger partial charge < -0.3 is 9.84 Å². The van der Waals surface area contributed by atoms with E-state index < -0.39 is 0 Å². The van der Waals surface area contributed by atoms with Crippen LogP contribution in [0.2, 0.25) is 0 Å². The van der Waals surface area contributed by atoms with Crippen LogP contribution in [0, 0.1) is 0 Å². The van der Waals surface area contributed by atoms with Crippen LogP contribution in [0.3, 0.4) is 0 Å². The molecule has 0 saturated heterocycles. The van der Waals surface area contributed by atoms with Crippen LogP contribution in [-0.4, -0.2) is 10.1 Å². The third-order valence-corrected chi connectivity index (χ3v) is 3.78. The highest BCUT2D eigenvalue weighted by Crippen LogP contribution is 2.32. The highest BCUT2D eigenvalue weighted by atomic mass is 79.9. The highest BCUT2D eigenvalue weighted by Gasteiger charge is 2.06. The van der Waals surface area contributed by atoms with Crippen LogP contribution in [0.5, 0.6) is 16.7 Å². The van der Waals surface area contributed by atoms with Crippen LogP contribution in [-0.2, 0) is 0 Å². The van der Waals surface area contributed by atoms with Gasteiger partial charge in [0, 0.05) is 4.47 Å². The van der Waals surface area contributed by atoms with Crippen LogP contribution >= 0.6 is 27.3 Å². The predicted molar refractivity (Wildman–Crippen MR) is 75.5 cm³/mol. The van der Waals surface area contributed by atoms with E-state index in [0.29, 0.717) is 10.9 Å². The molecular weight excluding hydrogens is 314 g/mol. The van der Waals surface area contributed by atoms with E-state index in [4.69, 9.17) is 4.74 Å². The summed E-state index contributed by atoms with van der Waals surface area (Å²) in [6.45, 7) is 0. The van der Waals surface area contributed by atoms with Crippen molar-refractivity contribution >= 4 is 37.5 Å². The topological polar surface area (TPSA) is 42.4 Å². The zero-order chi connectivity index (χ0) is 12.5. The van der Waals surface area contributed by atoms with Gasteiger partial charge in [-0.25, -0.2) is 4.98 Å². The van der Waals surface area contributed by atoms with Crippen molar-refractivity contribution < 1.29 is 9.84 Å². The zero-order valence-corrected chi connectivity index (χ0v) is 11.5. The van der Waals surface area contributed by atoms with E-state index in [-0.39, 0.29) is 5.75 Å². The third-order valence-electron chi connectivity index (χ3n) is 2.37. The Kier molecular flexibility index (Phi) is 2.93. The summed E-state index contributed by atoms with van der Waals surface area (Å²) >= 11 is 4.90. The average Bonchev–Trinajstić information content (AvgIpc) is 2.73. The van der Waals surface area contributed by atoms with E-state index in [9.17, 15) is 5.11 Å². The van der Waals surface area contributed by atoms with Crippen LogP contribution in [0.25, 0.3) is 10.2 Å². The van der Waals surface area contributed by atoms with E-state index in [1.807, 2.05) is 18.2 Å². The minimum absolute atomic E-state index is 0.218. The van der Waals surface area contributed by atoms with Gasteiger partial charge in [-0.15, -0.1) is 0 Å². The lowest BCUT2D eigenvalue weighted by atomic mass is 10.3. The Morgan fingerprint density at radius 1 is 1.11 bits per heavy atom. The third kappa shape index (κ3) is 2.32. The van der Waals surface area contributed by atoms with Gasteiger partial charge >= 0.3 is 0 Å². The Bertz CT molecular complexity index is 694. The Morgan fingerprint density at radius 2 is 1.89 bits per heavy atom. The molecule has 1 heterocycles. The zero-order valence-electron chi connectivity index (χ0n) is 9.13. The van der Waals surface area contributed by atoms with Gasteiger partial charge in [-0.05, 0) is 42.5 Å². The molecule has 3 rings (SSSR count). The molecule has 0 spiro atoms. The van der Waals surface area contributed by atoms with Crippen LogP contribution in [0.4, 0.5) is 0 Å². The summed E-state index contributed by atoms with van der Waals surface area (Å²) in [5.74, 6) is 0.876. The number of phenols is 1. The number of aromatic hydroxyl groups is 1. The second kappa shape index (κ2) is 4.59. The van der Waals surface area contributed by atoms with Crippen molar-refractivity contribution in [1.29, 1.82) is 0 Å². The van der Waals surface area contributed by atoms with Crippen molar-refractivity contribution in [3.05, 3.63) is 46.9 Å². The van der Waals surface area contributed by atoms with E-state index in [1.54, 1.807) is 24.3 Å². The number of nitrogens with zero attached hydrogens (tertiary/aromatic N) is 1. The fourth-order valence-corrected chi connectivity index (χ4v) is 2.70. The predicted octanol–water partition coefficient (Wildman–Crippen LogP) is 4.56. The Labute approximate surface area is 116 Å². The number of thiazole rings is 1. The smallest absolute Gasteiger partial charge is 0.279 e. The number of phenolic OH excluding ortho intramolecular Hbond substituents is 1. The second-order valence-electron chi connectivity index (χ2n) is 3.69. The lowest BCUT2D eigenvalue weighted by Gasteiger charge is -2.00. The van der Waals surface area contributed by atoms with E-state index >= 15 is 0 Å². The standard InChI is InChI=1S/C13H8BrNO2S/c14-8-1-6-12-11(7-8)15-13(18-12)17-10-4-2-9(16)3-5-10/h1-7,16H. The van der Waals surface area contributed by atoms with Gasteiger partial charge in [0.25, 0.3) is 5.19 Å². The monoisotopic (exact) mass is 321 g/mol. The molecule has 0 bridgehead atoms. The first-order chi connectivity index (χ1) is 8.70. The number of aromatic nitrogens is 1. The molecule has 3 aromatic rings. The molecular formula is C13H8BrNO2S. The molecule has 18 heavy (non-hydrogen) atoms. The summed E-state index contributed by atoms with van der Waals surface area (Å²) < 4.78 is 7.71. The minimum atomic E-state index is 0.218. The molecule has 0 aliphatic rings. The number of fused-ring (bicyclic) bond motifs is 1. The first kappa shape index (κ1) is 11.5. The average molecular weight is 322 g/mol. The normalized spacial score (nSPS) is 10.7. The molecule has 0 saturated carbocycles. The van der Waals surface area contributed by atoms with Gasteiger partial charge in [-0.2, -0.15) is 0 Å².